The first-order chi connectivity index (χ1) is 13.6. The number of fused-ring (bicyclic) bond motifs is 1. The zero-order valence-electron chi connectivity index (χ0n) is 15.8. The molecule has 7 heteroatoms. The Bertz CT molecular complexity index is 886. The van der Waals surface area contributed by atoms with E-state index in [1.807, 2.05) is 37.3 Å². The summed E-state index contributed by atoms with van der Waals surface area (Å²) in [6, 6.07) is 14.4. The number of carbonyl (C=O) groups is 2. The third-order valence-electron chi connectivity index (χ3n) is 4.50. The molecule has 2 aromatic carbocycles. The first kappa shape index (κ1) is 20.0. The largest absolute Gasteiger partial charge is 0.383 e. The predicted molar refractivity (Wildman–Crippen MR) is 112 cm³/mol. The molecule has 1 unspecified atom stereocenters. The number of nitrogens with zero attached hydrogens (tertiary/aromatic N) is 3. The van der Waals surface area contributed by atoms with E-state index < -0.39 is 5.92 Å². The van der Waals surface area contributed by atoms with Crippen LogP contribution in [0, 0.1) is 5.92 Å². The zero-order valence-corrected chi connectivity index (χ0v) is 16.6. The number of methoxy groups -OCH3 is 1. The summed E-state index contributed by atoms with van der Waals surface area (Å²) in [5, 5.41) is 0.489. The normalized spacial score (nSPS) is 17.2. The van der Waals surface area contributed by atoms with Gasteiger partial charge in [-0.05, 0) is 37.3 Å². The molecule has 28 heavy (non-hydrogen) atoms. The van der Waals surface area contributed by atoms with Gasteiger partial charge in [-0.2, -0.15) is 0 Å². The van der Waals surface area contributed by atoms with Crippen molar-refractivity contribution >= 4 is 46.7 Å². The smallest absolute Gasteiger partial charge is 0.249 e. The summed E-state index contributed by atoms with van der Waals surface area (Å²) in [4.78, 5) is 34.0. The van der Waals surface area contributed by atoms with Crippen LogP contribution in [0.15, 0.2) is 53.5 Å². The Morgan fingerprint density at radius 2 is 1.86 bits per heavy atom. The molecule has 0 aliphatic carbocycles. The summed E-state index contributed by atoms with van der Waals surface area (Å²) in [6.07, 6.45) is 1.43. The molecule has 1 aliphatic heterocycles. The van der Waals surface area contributed by atoms with Crippen molar-refractivity contribution in [1.29, 1.82) is 0 Å². The van der Waals surface area contributed by atoms with Crippen molar-refractivity contribution in [1.82, 2.24) is 0 Å². The van der Waals surface area contributed by atoms with Crippen LogP contribution in [0.4, 0.5) is 17.1 Å². The van der Waals surface area contributed by atoms with Crippen LogP contribution >= 0.6 is 11.6 Å². The van der Waals surface area contributed by atoms with Gasteiger partial charge in [-0.25, -0.2) is 0 Å². The average Bonchev–Trinajstić information content (AvgIpc) is 2.78. The fourth-order valence-corrected chi connectivity index (χ4v) is 3.34. The van der Waals surface area contributed by atoms with Crippen molar-refractivity contribution < 1.29 is 14.3 Å². The van der Waals surface area contributed by atoms with Crippen molar-refractivity contribution in [2.75, 3.05) is 36.6 Å². The van der Waals surface area contributed by atoms with Gasteiger partial charge in [0.25, 0.3) is 0 Å². The van der Waals surface area contributed by atoms with E-state index >= 15 is 0 Å². The Hall–Kier alpha value is -2.70. The van der Waals surface area contributed by atoms with Crippen LogP contribution in [0.5, 0.6) is 0 Å². The van der Waals surface area contributed by atoms with Crippen LogP contribution in [0.1, 0.15) is 6.92 Å². The van der Waals surface area contributed by atoms with E-state index in [0.29, 0.717) is 41.8 Å². The number of hydrogen-bond acceptors (Lipinski definition) is 4. The van der Waals surface area contributed by atoms with Crippen LogP contribution in [0.25, 0.3) is 0 Å². The molecule has 0 aromatic heterocycles. The minimum Gasteiger partial charge on any atom is -0.383 e. The maximum absolute atomic E-state index is 13.5. The van der Waals surface area contributed by atoms with Crippen LogP contribution in [-0.2, 0) is 14.3 Å². The third kappa shape index (κ3) is 3.93. The molecule has 0 fully saturated rings. The SMILES string of the molecule is CCN1C(=O)C(C=NCCOC)C(=O)N(c2ccccc2)c2cc(Cl)ccc21. The Morgan fingerprint density at radius 1 is 1.11 bits per heavy atom. The molecular formula is C21H22ClN3O3. The number of ether oxygens (including phenoxy) is 1. The van der Waals surface area contributed by atoms with Gasteiger partial charge in [0.2, 0.25) is 11.8 Å². The minimum absolute atomic E-state index is 0.310. The molecule has 0 N–H and O–H groups in total. The number of rotatable bonds is 6. The summed E-state index contributed by atoms with van der Waals surface area (Å²) < 4.78 is 4.99. The summed E-state index contributed by atoms with van der Waals surface area (Å²) in [7, 11) is 1.58. The fraction of sp³-hybridized carbons (Fsp3) is 0.286. The number of aliphatic imine (C=N–C) groups is 1. The van der Waals surface area contributed by atoms with E-state index in [0.717, 1.165) is 0 Å². The highest BCUT2D eigenvalue weighted by atomic mass is 35.5. The topological polar surface area (TPSA) is 62.2 Å². The lowest BCUT2D eigenvalue weighted by atomic mass is 10.1. The van der Waals surface area contributed by atoms with E-state index in [4.69, 9.17) is 16.3 Å². The minimum atomic E-state index is -1.02. The lowest BCUT2D eigenvalue weighted by Crippen LogP contribution is -2.41. The molecule has 0 spiro atoms. The van der Waals surface area contributed by atoms with Gasteiger partial charge in [0.1, 0.15) is 0 Å². The van der Waals surface area contributed by atoms with E-state index in [1.54, 1.807) is 35.1 Å². The molecule has 0 saturated carbocycles. The number of benzene rings is 2. The van der Waals surface area contributed by atoms with Gasteiger partial charge < -0.3 is 9.64 Å². The highest BCUT2D eigenvalue weighted by Crippen LogP contribution is 2.40. The van der Waals surface area contributed by atoms with Crippen LogP contribution in [0.2, 0.25) is 5.02 Å². The average molecular weight is 400 g/mol. The summed E-state index contributed by atoms with van der Waals surface area (Å²) in [6.45, 7) is 3.09. The maximum Gasteiger partial charge on any atom is 0.249 e. The number of anilines is 3. The molecule has 146 valence electrons. The quantitative estimate of drug-likeness (QED) is 0.422. The van der Waals surface area contributed by atoms with E-state index in [9.17, 15) is 9.59 Å². The molecular weight excluding hydrogens is 378 g/mol. The van der Waals surface area contributed by atoms with Gasteiger partial charge in [-0.15, -0.1) is 0 Å². The summed E-state index contributed by atoms with van der Waals surface area (Å²) in [5.41, 5.74) is 1.88. The van der Waals surface area contributed by atoms with Crippen LogP contribution in [-0.4, -0.2) is 44.8 Å². The summed E-state index contributed by atoms with van der Waals surface area (Å²) in [5.74, 6) is -1.70. The first-order valence-corrected chi connectivity index (χ1v) is 9.45. The van der Waals surface area contributed by atoms with Crippen molar-refractivity contribution in [3.05, 3.63) is 53.6 Å². The Labute approximate surface area is 169 Å². The Kier molecular flexibility index (Phi) is 6.44. The molecule has 0 saturated heterocycles. The monoisotopic (exact) mass is 399 g/mol. The number of para-hydroxylation sites is 1. The molecule has 2 amide bonds. The van der Waals surface area contributed by atoms with Gasteiger partial charge in [0, 0.05) is 30.6 Å². The molecule has 0 bridgehead atoms. The van der Waals surface area contributed by atoms with Crippen LogP contribution in [0.3, 0.4) is 0 Å². The Morgan fingerprint density at radius 3 is 2.54 bits per heavy atom. The second-order valence-corrected chi connectivity index (χ2v) is 6.69. The first-order valence-electron chi connectivity index (χ1n) is 9.07. The zero-order chi connectivity index (χ0) is 20.1. The summed E-state index contributed by atoms with van der Waals surface area (Å²) >= 11 is 6.23. The predicted octanol–water partition coefficient (Wildman–Crippen LogP) is 3.70. The van der Waals surface area contributed by atoms with Crippen molar-refractivity contribution in [2.45, 2.75) is 6.92 Å². The number of carbonyl (C=O) groups excluding carboxylic acids is 2. The maximum atomic E-state index is 13.5. The molecule has 6 nitrogen and oxygen atoms in total. The lowest BCUT2D eigenvalue weighted by molar-refractivity contribution is -0.128. The van der Waals surface area contributed by atoms with Gasteiger partial charge in [0.05, 0.1) is 24.5 Å². The molecule has 1 heterocycles. The third-order valence-corrected chi connectivity index (χ3v) is 4.73. The molecule has 0 radical (unpaired) electrons. The van der Waals surface area contributed by atoms with Gasteiger partial charge in [0.15, 0.2) is 5.92 Å². The second-order valence-electron chi connectivity index (χ2n) is 6.25. The van der Waals surface area contributed by atoms with E-state index in [1.165, 1.54) is 6.21 Å². The standard InChI is InChI=1S/C21H22ClN3O3/c1-3-24-18-10-9-15(22)13-19(18)25(16-7-5-4-6-8-16)21(27)17(20(24)26)14-23-11-12-28-2/h4-10,13-14,17H,3,11-12H2,1-2H3. The number of halogens is 1. The Balaban J connectivity index is 2.15. The lowest BCUT2D eigenvalue weighted by Gasteiger charge is -2.25. The molecule has 2 aromatic rings. The number of amides is 2. The van der Waals surface area contributed by atoms with Gasteiger partial charge in [-0.1, -0.05) is 29.8 Å². The fourth-order valence-electron chi connectivity index (χ4n) is 3.18. The van der Waals surface area contributed by atoms with Gasteiger partial charge in [-0.3, -0.25) is 19.5 Å². The van der Waals surface area contributed by atoms with E-state index in [-0.39, 0.29) is 11.8 Å². The van der Waals surface area contributed by atoms with Gasteiger partial charge >= 0.3 is 0 Å². The molecule has 1 aliphatic rings. The second kappa shape index (κ2) is 8.99. The molecule has 3 rings (SSSR count). The highest BCUT2D eigenvalue weighted by molar-refractivity contribution is 6.32. The number of hydrogen-bond donors (Lipinski definition) is 0. The van der Waals surface area contributed by atoms with Crippen LogP contribution < -0.4 is 9.80 Å². The molecule has 1 atom stereocenters. The highest BCUT2D eigenvalue weighted by Gasteiger charge is 2.39. The van der Waals surface area contributed by atoms with Crippen molar-refractivity contribution in [2.24, 2.45) is 10.9 Å². The van der Waals surface area contributed by atoms with Crippen molar-refractivity contribution in [3.63, 3.8) is 0 Å². The van der Waals surface area contributed by atoms with E-state index in [2.05, 4.69) is 4.99 Å². The van der Waals surface area contributed by atoms with Crippen molar-refractivity contribution in [3.8, 4) is 0 Å².